The molecule has 0 aliphatic carbocycles. The van der Waals surface area contributed by atoms with Gasteiger partial charge in [0.25, 0.3) is 11.6 Å². The Balaban J connectivity index is 1.69. The van der Waals surface area contributed by atoms with Crippen LogP contribution >= 0.6 is 11.3 Å². The van der Waals surface area contributed by atoms with Crippen molar-refractivity contribution in [1.29, 1.82) is 0 Å². The molecule has 2 heterocycles. The van der Waals surface area contributed by atoms with Gasteiger partial charge >= 0.3 is 5.97 Å². The third-order valence-electron chi connectivity index (χ3n) is 4.58. The number of carbonyl (C=O) groups is 2. The first-order valence-electron chi connectivity index (χ1n) is 8.92. The highest BCUT2D eigenvalue weighted by atomic mass is 32.1. The third kappa shape index (κ3) is 4.66. The van der Waals surface area contributed by atoms with E-state index in [0.29, 0.717) is 12.2 Å². The molecule has 1 aromatic heterocycles. The van der Waals surface area contributed by atoms with Crippen molar-refractivity contribution in [1.82, 2.24) is 4.90 Å². The lowest BCUT2D eigenvalue weighted by Crippen LogP contribution is -2.31. The lowest BCUT2D eigenvalue weighted by atomic mass is 10.1. The fourth-order valence-corrected chi connectivity index (χ4v) is 3.83. The topological polar surface area (TPSA) is 93.0 Å². The van der Waals surface area contributed by atoms with Crippen molar-refractivity contribution in [2.45, 2.75) is 19.4 Å². The second-order valence-corrected chi connectivity index (χ2v) is 7.59. The van der Waals surface area contributed by atoms with Gasteiger partial charge in [-0.2, -0.15) is 0 Å². The summed E-state index contributed by atoms with van der Waals surface area (Å²) in [5.41, 5.74) is 0.535. The molecule has 1 fully saturated rings. The van der Waals surface area contributed by atoms with Crippen LogP contribution in [0.25, 0.3) is 0 Å². The van der Waals surface area contributed by atoms with Crippen LogP contribution in [-0.2, 0) is 16.1 Å². The summed E-state index contributed by atoms with van der Waals surface area (Å²) < 4.78 is 5.19. The van der Waals surface area contributed by atoms with E-state index in [0.717, 1.165) is 30.8 Å². The summed E-state index contributed by atoms with van der Waals surface area (Å²) in [5, 5.41) is 13.0. The van der Waals surface area contributed by atoms with Crippen molar-refractivity contribution >= 4 is 34.6 Å². The molecule has 1 saturated heterocycles. The van der Waals surface area contributed by atoms with E-state index in [1.54, 1.807) is 13.1 Å². The van der Waals surface area contributed by atoms with E-state index < -0.39 is 17.5 Å². The first-order valence-corrected chi connectivity index (χ1v) is 9.80. The molecule has 3 rings (SSSR count). The molecule has 28 heavy (non-hydrogen) atoms. The number of ether oxygens (including phenoxy) is 1. The van der Waals surface area contributed by atoms with Gasteiger partial charge in [0, 0.05) is 37.1 Å². The number of amides is 1. The summed E-state index contributed by atoms with van der Waals surface area (Å²) in [6.45, 7) is 1.58. The Kier molecular flexibility index (Phi) is 6.25. The third-order valence-corrected chi connectivity index (χ3v) is 5.44. The van der Waals surface area contributed by atoms with Gasteiger partial charge in [-0.15, -0.1) is 11.3 Å². The van der Waals surface area contributed by atoms with Crippen LogP contribution in [0.15, 0.2) is 35.7 Å². The van der Waals surface area contributed by atoms with Gasteiger partial charge in [-0.25, -0.2) is 4.79 Å². The summed E-state index contributed by atoms with van der Waals surface area (Å²) in [6, 6.07) is 8.00. The number of carbonyl (C=O) groups excluding carboxylic acids is 2. The van der Waals surface area contributed by atoms with Crippen LogP contribution < -0.4 is 4.90 Å². The van der Waals surface area contributed by atoms with Gasteiger partial charge < -0.3 is 14.5 Å². The van der Waals surface area contributed by atoms with Crippen molar-refractivity contribution in [2.24, 2.45) is 0 Å². The number of nitro benzene ring substituents is 1. The van der Waals surface area contributed by atoms with E-state index in [2.05, 4.69) is 0 Å². The fraction of sp³-hybridized carbons (Fsp3) is 0.368. The number of likely N-dealkylation sites (N-methyl/N-ethyl adjacent to an activating group) is 1. The molecule has 1 aromatic carbocycles. The minimum atomic E-state index is -0.733. The van der Waals surface area contributed by atoms with Gasteiger partial charge in [-0.05, 0) is 30.4 Å². The Morgan fingerprint density at radius 2 is 2.04 bits per heavy atom. The van der Waals surface area contributed by atoms with Crippen molar-refractivity contribution in [3.05, 3.63) is 56.3 Å². The van der Waals surface area contributed by atoms with Crippen LogP contribution in [0, 0.1) is 10.1 Å². The zero-order valence-corrected chi connectivity index (χ0v) is 16.3. The molecule has 0 unspecified atom stereocenters. The Bertz CT molecular complexity index is 862. The number of thiophene rings is 1. The fourth-order valence-electron chi connectivity index (χ4n) is 3.07. The molecular formula is C19H21N3O5S. The predicted octanol–water partition coefficient (Wildman–Crippen LogP) is 3.07. The molecule has 8 nitrogen and oxygen atoms in total. The number of benzene rings is 1. The standard InChI is InChI=1S/C19H21N3O5S/c1-20(12-15-5-4-10-28-15)18(23)13-27-19(24)16-11-14(22(25)26)6-7-17(16)21-8-2-3-9-21/h4-7,10-11H,2-3,8-9,12-13H2,1H3. The number of nitrogens with zero attached hydrogens (tertiary/aromatic N) is 3. The smallest absolute Gasteiger partial charge is 0.341 e. The number of hydrogen-bond donors (Lipinski definition) is 0. The summed E-state index contributed by atoms with van der Waals surface area (Å²) in [6.07, 6.45) is 1.99. The second kappa shape index (κ2) is 8.83. The zero-order chi connectivity index (χ0) is 20.1. The van der Waals surface area contributed by atoms with Crippen molar-refractivity contribution in [3.63, 3.8) is 0 Å². The lowest BCUT2D eigenvalue weighted by Gasteiger charge is -2.21. The maximum Gasteiger partial charge on any atom is 0.341 e. The Morgan fingerprint density at radius 3 is 2.68 bits per heavy atom. The normalized spacial score (nSPS) is 13.4. The number of non-ortho nitro benzene ring substituents is 1. The van der Waals surface area contributed by atoms with Gasteiger partial charge in [0.15, 0.2) is 6.61 Å². The second-order valence-electron chi connectivity index (χ2n) is 6.56. The van der Waals surface area contributed by atoms with Gasteiger partial charge in [0.1, 0.15) is 0 Å². The first-order chi connectivity index (χ1) is 13.5. The quantitative estimate of drug-likeness (QED) is 0.401. The van der Waals surface area contributed by atoms with E-state index >= 15 is 0 Å². The summed E-state index contributed by atoms with van der Waals surface area (Å²) >= 11 is 1.54. The predicted molar refractivity (Wildman–Crippen MR) is 106 cm³/mol. The van der Waals surface area contributed by atoms with Crippen LogP contribution in [0.4, 0.5) is 11.4 Å². The number of rotatable bonds is 7. The zero-order valence-electron chi connectivity index (χ0n) is 15.5. The number of anilines is 1. The maximum absolute atomic E-state index is 12.6. The highest BCUT2D eigenvalue weighted by molar-refractivity contribution is 7.09. The number of esters is 1. The van der Waals surface area contributed by atoms with E-state index in [-0.39, 0.29) is 17.2 Å². The SMILES string of the molecule is CN(Cc1cccs1)C(=O)COC(=O)c1cc([N+](=O)[O-])ccc1N1CCCC1. The van der Waals surface area contributed by atoms with Gasteiger partial charge in [-0.1, -0.05) is 6.07 Å². The molecule has 0 spiro atoms. The molecule has 2 aromatic rings. The van der Waals surface area contributed by atoms with Crippen molar-refractivity contribution in [2.75, 3.05) is 31.6 Å². The Labute approximate surface area is 166 Å². The molecule has 1 aliphatic rings. The van der Waals surface area contributed by atoms with Crippen LogP contribution in [0.5, 0.6) is 0 Å². The highest BCUT2D eigenvalue weighted by Crippen LogP contribution is 2.29. The van der Waals surface area contributed by atoms with Gasteiger partial charge in [0.05, 0.1) is 22.7 Å². The minimum absolute atomic E-state index is 0.116. The molecular weight excluding hydrogens is 382 g/mol. The highest BCUT2D eigenvalue weighted by Gasteiger charge is 2.24. The maximum atomic E-state index is 12.6. The van der Waals surface area contributed by atoms with Crippen LogP contribution in [0.3, 0.4) is 0 Å². The minimum Gasteiger partial charge on any atom is -0.452 e. The van der Waals surface area contributed by atoms with Crippen molar-refractivity contribution in [3.8, 4) is 0 Å². The Hall–Kier alpha value is -2.94. The summed E-state index contributed by atoms with van der Waals surface area (Å²) in [7, 11) is 1.64. The molecule has 0 N–H and O–H groups in total. The van der Waals surface area contributed by atoms with Gasteiger partial charge in [0.2, 0.25) is 0 Å². The molecule has 0 bridgehead atoms. The first kappa shape index (κ1) is 19.8. The summed E-state index contributed by atoms with van der Waals surface area (Å²) in [5.74, 6) is -1.07. The number of nitro groups is 1. The molecule has 1 amide bonds. The molecule has 0 atom stereocenters. The lowest BCUT2D eigenvalue weighted by molar-refractivity contribution is -0.384. The largest absolute Gasteiger partial charge is 0.452 e. The monoisotopic (exact) mass is 403 g/mol. The Morgan fingerprint density at radius 1 is 1.29 bits per heavy atom. The van der Waals surface area contributed by atoms with Crippen LogP contribution in [0.1, 0.15) is 28.1 Å². The van der Waals surface area contributed by atoms with E-state index in [1.807, 2.05) is 22.4 Å². The number of hydrogen-bond acceptors (Lipinski definition) is 7. The van der Waals surface area contributed by atoms with E-state index in [9.17, 15) is 19.7 Å². The average molecular weight is 403 g/mol. The molecule has 9 heteroatoms. The molecule has 148 valence electrons. The molecule has 0 radical (unpaired) electrons. The summed E-state index contributed by atoms with van der Waals surface area (Å²) in [4.78, 5) is 39.9. The van der Waals surface area contributed by atoms with Crippen LogP contribution in [-0.4, -0.2) is 48.4 Å². The van der Waals surface area contributed by atoms with Crippen LogP contribution in [0.2, 0.25) is 0 Å². The van der Waals surface area contributed by atoms with Gasteiger partial charge in [-0.3, -0.25) is 14.9 Å². The molecule has 1 aliphatic heterocycles. The molecule has 0 saturated carbocycles. The van der Waals surface area contributed by atoms with E-state index in [4.69, 9.17) is 4.74 Å². The van der Waals surface area contributed by atoms with E-state index in [1.165, 1.54) is 28.4 Å². The van der Waals surface area contributed by atoms with Crippen molar-refractivity contribution < 1.29 is 19.2 Å². The average Bonchev–Trinajstić information content (AvgIpc) is 3.39.